The van der Waals surface area contributed by atoms with Crippen LogP contribution in [-0.4, -0.2) is 93.1 Å². The van der Waals surface area contributed by atoms with Gasteiger partial charge in [-0.2, -0.15) is 44.9 Å². The van der Waals surface area contributed by atoms with Gasteiger partial charge in [-0.25, -0.2) is 0 Å². The molecule has 4 N–H and O–H groups in total. The van der Waals surface area contributed by atoms with Gasteiger partial charge in [-0.05, 0) is 91.0 Å². The molecule has 4 rings (SSSR count). The Labute approximate surface area is 448 Å². The second-order valence-electron chi connectivity index (χ2n) is 11.1. The summed E-state index contributed by atoms with van der Waals surface area (Å²) >= 11 is 36.7. The third-order valence-electron chi connectivity index (χ3n) is 6.93. The second-order valence-corrected chi connectivity index (χ2v) is 14.5. The summed E-state index contributed by atoms with van der Waals surface area (Å²) in [5.41, 5.74) is -0.888. The summed E-state index contributed by atoms with van der Waals surface area (Å²) in [5.74, 6) is 0. The number of benzene rings is 3. The van der Waals surface area contributed by atoms with E-state index in [1.165, 1.54) is 0 Å². The Morgan fingerprint density at radius 1 is 0.652 bits per heavy atom. The Hall–Kier alpha value is -2.13. The van der Waals surface area contributed by atoms with Gasteiger partial charge in [0.25, 0.3) is 0 Å². The van der Waals surface area contributed by atoms with Gasteiger partial charge in [0.15, 0.2) is 0 Å². The van der Waals surface area contributed by atoms with Gasteiger partial charge in [0, 0.05) is 68.6 Å². The number of halogens is 13. The van der Waals surface area contributed by atoms with Gasteiger partial charge < -0.3 is 39.3 Å². The normalized spacial score (nSPS) is 11.9. The standard InChI is InChI=1S/C13H14BCl2NO2.C10H4Cl2F3N.C7H3Cl2N.C3H2BrF3.4CH4O.2CHO.2Ir/c1-12(2)13(3,4)19-14(18-12)8-5-10(15)9(7-17)11(16)6-8;1-5(10(13,14)15)6-2-8(11)7(4-16)9(12)3-6;8-6-2-1-3-7(9)5(6)4-10;1-2(4)3(5,6)7;6*1-2;;/h5-6H,1-4H3;2-3H,1H2;1-3H;1H2;4*2H,1H3;2*1H;;/q;;;;;;;;2*-1;;/i;;;;;;;;2*1D;;. The fourth-order valence-corrected chi connectivity index (χ4v) is 5.08. The average molecular weight is 1480 g/mol. The van der Waals surface area contributed by atoms with E-state index < -0.39 is 40.7 Å². The van der Waals surface area contributed by atoms with E-state index in [1.807, 2.05) is 39.8 Å². The van der Waals surface area contributed by atoms with Crippen molar-refractivity contribution >= 4 is 117 Å². The Morgan fingerprint density at radius 2 is 0.894 bits per heavy atom. The molecule has 0 saturated carbocycles. The molecule has 374 valence electrons. The van der Waals surface area contributed by atoms with Gasteiger partial charge >= 0.3 is 19.5 Å². The topological polar surface area (TPSA) is 205 Å². The number of nitrogens with zero attached hydrogens (tertiary/aromatic N) is 3. The van der Waals surface area contributed by atoms with Crippen molar-refractivity contribution in [3.8, 4) is 18.2 Å². The third kappa shape index (κ3) is 29.0. The van der Waals surface area contributed by atoms with Crippen molar-refractivity contribution in [2.45, 2.75) is 51.2 Å². The van der Waals surface area contributed by atoms with E-state index in [0.29, 0.717) is 31.1 Å². The van der Waals surface area contributed by atoms with E-state index in [9.17, 15) is 26.3 Å². The van der Waals surface area contributed by atoms with E-state index >= 15 is 0 Å². The Morgan fingerprint density at radius 3 is 1.11 bits per heavy atom. The predicted molar refractivity (Wildman–Crippen MR) is 245 cm³/mol. The van der Waals surface area contributed by atoms with Crippen LogP contribution in [0.25, 0.3) is 5.57 Å². The zero-order chi connectivity index (χ0) is 54.0. The maximum absolute atomic E-state index is 12.3. The van der Waals surface area contributed by atoms with Gasteiger partial charge in [-0.3, -0.25) is 13.5 Å². The molecular weight excluding hydrogens is 1440 g/mol. The molecule has 1 aliphatic rings. The van der Waals surface area contributed by atoms with Gasteiger partial charge in [-0.15, -0.1) is 0 Å². The first-order valence-corrected chi connectivity index (χ1v) is 19.1. The molecule has 3 aromatic carbocycles. The number of aliphatic hydroxyl groups excluding tert-OH is 4. The van der Waals surface area contributed by atoms with Crippen molar-refractivity contribution < 1.29 is 109 Å². The van der Waals surface area contributed by atoms with Crippen LogP contribution < -0.4 is 5.46 Å². The smallest absolute Gasteiger partial charge is 0.494 e. The molecule has 1 fully saturated rings. The summed E-state index contributed by atoms with van der Waals surface area (Å²) in [5, 5.41) is 55.2. The van der Waals surface area contributed by atoms with Crippen molar-refractivity contribution in [1.82, 2.24) is 0 Å². The SMILES string of the molecule is C=C(Br)C(F)(F)F.C=C(c1cc(Cl)c(C#N)c(Cl)c1)C(F)(F)F.CC1(C)OB(c2cc(Cl)c(C#N)c(Cl)c2)OC1(C)C.CO.CO.CO.CO.N#Cc1c(Cl)cccc1Cl.[2H][C-]=O.[2H][C-]=O.[Ir].[Ir]. The molecule has 0 atom stereocenters. The minimum Gasteiger partial charge on any atom is -0.545 e. The van der Waals surface area contributed by atoms with Crippen molar-refractivity contribution in [3.05, 3.63) is 112 Å². The molecule has 66 heavy (non-hydrogen) atoms. The first-order valence-electron chi connectivity index (χ1n) is 17.0. The van der Waals surface area contributed by atoms with Gasteiger partial charge in [0.2, 0.25) is 0 Å². The molecule has 0 bridgehead atoms. The number of aliphatic hydroxyl groups is 4. The van der Waals surface area contributed by atoms with Crippen LogP contribution in [0.2, 0.25) is 30.1 Å². The maximum atomic E-state index is 12.3. The first-order chi connectivity index (χ1) is 30.5. The van der Waals surface area contributed by atoms with E-state index in [2.05, 4.69) is 29.1 Å². The van der Waals surface area contributed by atoms with E-state index in [-0.39, 0.29) is 66.9 Å². The first kappa shape index (κ1) is 75.4. The van der Waals surface area contributed by atoms with Gasteiger partial charge in [0.1, 0.15) is 18.2 Å². The summed E-state index contributed by atoms with van der Waals surface area (Å²) in [4.78, 5) is 16.7. The largest absolute Gasteiger partial charge is 0.545 e. The molecule has 0 amide bonds. The molecule has 0 unspecified atom stereocenters. The van der Waals surface area contributed by atoms with E-state index in [0.717, 1.165) is 54.1 Å². The number of allylic oxidation sites excluding steroid dienone is 2. The monoisotopic (exact) mass is 1480 g/mol. The fraction of sp³-hybridized carbons (Fsp3) is 0.308. The van der Waals surface area contributed by atoms with Crippen LogP contribution in [0.4, 0.5) is 26.3 Å². The molecule has 1 heterocycles. The van der Waals surface area contributed by atoms with E-state index in [1.54, 1.807) is 36.4 Å². The summed E-state index contributed by atoms with van der Waals surface area (Å²) in [7, 11) is 3.47. The molecule has 11 nitrogen and oxygen atoms in total. The summed E-state index contributed by atoms with van der Waals surface area (Å²) in [6.07, 6.45) is -8.83. The molecular formula is C39H41BBrCl6F6Ir2N3O8-2. The van der Waals surface area contributed by atoms with Crippen LogP contribution in [0.15, 0.2) is 60.1 Å². The quantitative estimate of drug-likeness (QED) is 0.0822. The van der Waals surface area contributed by atoms with Crippen molar-refractivity contribution in [2.75, 3.05) is 28.4 Å². The second kappa shape index (κ2) is 41.8. The minimum atomic E-state index is -4.55. The maximum Gasteiger partial charge on any atom is 0.494 e. The van der Waals surface area contributed by atoms with Crippen molar-refractivity contribution in [1.29, 1.82) is 15.8 Å². The number of carbonyl (C=O) groups excluding carboxylic acids is 2. The number of nitriles is 3. The summed E-state index contributed by atoms with van der Waals surface area (Å²) in [6.45, 7) is 14.9. The molecule has 1 aliphatic heterocycles. The van der Waals surface area contributed by atoms with Crippen LogP contribution >= 0.6 is 85.5 Å². The fourth-order valence-electron chi connectivity index (χ4n) is 3.44. The molecule has 0 aromatic heterocycles. The minimum absolute atomic E-state index is 0. The molecule has 2 radical (unpaired) electrons. The number of alkyl halides is 6. The van der Waals surface area contributed by atoms with Crippen LogP contribution in [0, 0.1) is 34.0 Å². The van der Waals surface area contributed by atoms with Crippen molar-refractivity contribution in [2.24, 2.45) is 0 Å². The summed E-state index contributed by atoms with van der Waals surface area (Å²) in [6, 6.07) is 15.9. The zero-order valence-corrected chi connectivity index (χ0v) is 46.3. The molecule has 0 spiro atoms. The Balaban J connectivity index is -0.000000111. The number of hydrogen-bond donors (Lipinski definition) is 4. The number of hydrogen-bond acceptors (Lipinski definition) is 11. The average Bonchev–Trinajstić information content (AvgIpc) is 3.46. The Bertz CT molecular complexity index is 2020. The van der Waals surface area contributed by atoms with Gasteiger partial charge in [-0.1, -0.05) is 88.8 Å². The van der Waals surface area contributed by atoms with Crippen LogP contribution in [0.3, 0.4) is 0 Å². The third-order valence-corrected chi connectivity index (χ3v) is 9.20. The van der Waals surface area contributed by atoms with Crippen LogP contribution in [0.1, 0.15) is 52.7 Å². The van der Waals surface area contributed by atoms with Crippen molar-refractivity contribution in [3.63, 3.8) is 0 Å². The molecule has 27 heteroatoms. The molecule has 0 aliphatic carbocycles. The predicted octanol–water partition coefficient (Wildman–Crippen LogP) is 10.8. The van der Waals surface area contributed by atoms with Crippen LogP contribution in [-0.2, 0) is 59.1 Å². The summed E-state index contributed by atoms with van der Waals surface area (Å²) < 4.78 is 91.8. The molecule has 3 aromatic rings. The zero-order valence-electron chi connectivity index (χ0n) is 37.4. The number of rotatable bonds is 2. The van der Waals surface area contributed by atoms with Crippen LogP contribution in [0.5, 0.6) is 0 Å². The molecule has 1 saturated heterocycles. The van der Waals surface area contributed by atoms with E-state index in [4.69, 9.17) is 127 Å². The van der Waals surface area contributed by atoms with Gasteiger partial charge in [0.05, 0.1) is 68.1 Å². The Kier molecular flexibility index (Phi) is 47.8.